The van der Waals surface area contributed by atoms with Gasteiger partial charge in [-0.15, -0.1) is 0 Å². The van der Waals surface area contributed by atoms with Crippen LogP contribution in [-0.2, 0) is 9.59 Å². The number of anilines is 2. The summed E-state index contributed by atoms with van der Waals surface area (Å²) in [5.74, 6) is -1.10. The van der Waals surface area contributed by atoms with Crippen molar-refractivity contribution in [2.45, 2.75) is 6.92 Å². The molecular formula is C17H11Cl3N2O2. The predicted octanol–water partition coefficient (Wildman–Crippen LogP) is 4.74. The lowest BCUT2D eigenvalue weighted by molar-refractivity contribution is -0.120. The summed E-state index contributed by atoms with van der Waals surface area (Å²) in [5.41, 5.74) is 1.90. The Bertz CT molecular complexity index is 893. The molecule has 2 aromatic rings. The normalized spacial score (nSPS) is 14.6. The van der Waals surface area contributed by atoms with Crippen LogP contribution in [0.1, 0.15) is 5.56 Å². The molecule has 1 aliphatic heterocycles. The van der Waals surface area contributed by atoms with Gasteiger partial charge in [0.1, 0.15) is 10.7 Å². The summed E-state index contributed by atoms with van der Waals surface area (Å²) < 4.78 is 0. The van der Waals surface area contributed by atoms with Crippen LogP contribution in [0.5, 0.6) is 0 Å². The largest absolute Gasteiger partial charge is 0.350 e. The number of carbonyl (C=O) groups is 2. The second kappa shape index (κ2) is 6.48. The molecule has 24 heavy (non-hydrogen) atoms. The van der Waals surface area contributed by atoms with Crippen LogP contribution >= 0.6 is 34.8 Å². The SMILES string of the molecule is Cc1cccc(N2C(=O)C(Cl)=C(Nc3ccc(Cl)c(Cl)c3)C2=O)c1. The summed E-state index contributed by atoms with van der Waals surface area (Å²) in [6, 6.07) is 11.8. The van der Waals surface area contributed by atoms with Gasteiger partial charge >= 0.3 is 0 Å². The van der Waals surface area contributed by atoms with Gasteiger partial charge in [0.15, 0.2) is 0 Å². The van der Waals surface area contributed by atoms with Gasteiger partial charge in [0, 0.05) is 5.69 Å². The highest BCUT2D eigenvalue weighted by molar-refractivity contribution is 6.53. The average molecular weight is 382 g/mol. The monoisotopic (exact) mass is 380 g/mol. The summed E-state index contributed by atoms with van der Waals surface area (Å²) >= 11 is 17.9. The molecule has 0 radical (unpaired) electrons. The van der Waals surface area contributed by atoms with Gasteiger partial charge in [-0.2, -0.15) is 0 Å². The summed E-state index contributed by atoms with van der Waals surface area (Å²) in [7, 11) is 0. The van der Waals surface area contributed by atoms with E-state index in [1.807, 2.05) is 13.0 Å². The molecular weight excluding hydrogens is 371 g/mol. The lowest BCUT2D eigenvalue weighted by atomic mass is 10.2. The second-order valence-corrected chi connectivity index (χ2v) is 6.42. The summed E-state index contributed by atoms with van der Waals surface area (Å²) in [5, 5.41) is 3.38. The van der Waals surface area contributed by atoms with Crippen LogP contribution in [0, 0.1) is 6.92 Å². The van der Waals surface area contributed by atoms with Gasteiger partial charge in [0.05, 0.1) is 15.7 Å². The molecule has 122 valence electrons. The third-order valence-corrected chi connectivity index (χ3v) is 4.57. The number of benzene rings is 2. The van der Waals surface area contributed by atoms with Crippen LogP contribution in [0.15, 0.2) is 53.2 Å². The Hall–Kier alpha value is -2.01. The molecule has 4 nitrogen and oxygen atoms in total. The highest BCUT2D eigenvalue weighted by Gasteiger charge is 2.38. The minimum absolute atomic E-state index is 0.00145. The van der Waals surface area contributed by atoms with E-state index >= 15 is 0 Å². The molecule has 0 unspecified atom stereocenters. The number of rotatable bonds is 3. The number of hydrogen-bond donors (Lipinski definition) is 1. The first-order valence-electron chi connectivity index (χ1n) is 6.96. The number of amides is 2. The number of aryl methyl sites for hydroxylation is 1. The molecule has 0 saturated heterocycles. The molecule has 7 heteroatoms. The summed E-state index contributed by atoms with van der Waals surface area (Å²) in [6.45, 7) is 1.87. The second-order valence-electron chi connectivity index (χ2n) is 5.23. The van der Waals surface area contributed by atoms with Gasteiger partial charge in [0.2, 0.25) is 0 Å². The van der Waals surface area contributed by atoms with Crippen molar-refractivity contribution in [3.8, 4) is 0 Å². The Morgan fingerprint density at radius 2 is 1.67 bits per heavy atom. The van der Waals surface area contributed by atoms with Crippen LogP contribution in [-0.4, -0.2) is 11.8 Å². The number of imide groups is 1. The number of halogens is 3. The van der Waals surface area contributed by atoms with E-state index in [9.17, 15) is 9.59 Å². The molecule has 0 aromatic heterocycles. The van der Waals surface area contributed by atoms with Crippen LogP contribution in [0.2, 0.25) is 10.0 Å². The van der Waals surface area contributed by atoms with E-state index in [0.717, 1.165) is 10.5 Å². The maximum atomic E-state index is 12.6. The lowest BCUT2D eigenvalue weighted by Gasteiger charge is -2.15. The zero-order valence-electron chi connectivity index (χ0n) is 12.4. The number of hydrogen-bond acceptors (Lipinski definition) is 3. The third kappa shape index (κ3) is 3.00. The molecule has 1 N–H and O–H groups in total. The van der Waals surface area contributed by atoms with Crippen LogP contribution < -0.4 is 10.2 Å². The molecule has 0 atom stereocenters. The molecule has 2 amide bonds. The van der Waals surface area contributed by atoms with E-state index in [-0.39, 0.29) is 10.7 Å². The van der Waals surface area contributed by atoms with Crippen molar-refractivity contribution in [2.75, 3.05) is 10.2 Å². The maximum Gasteiger partial charge on any atom is 0.283 e. The van der Waals surface area contributed by atoms with E-state index < -0.39 is 11.8 Å². The minimum Gasteiger partial charge on any atom is -0.350 e. The first-order chi connectivity index (χ1) is 11.4. The Balaban J connectivity index is 1.93. The van der Waals surface area contributed by atoms with Crippen molar-refractivity contribution < 1.29 is 9.59 Å². The first kappa shape index (κ1) is 16.8. The molecule has 0 bridgehead atoms. The smallest absolute Gasteiger partial charge is 0.283 e. The van der Waals surface area contributed by atoms with E-state index in [1.54, 1.807) is 36.4 Å². The number of nitrogens with one attached hydrogen (secondary N) is 1. The minimum atomic E-state index is -0.574. The summed E-state index contributed by atoms with van der Waals surface area (Å²) in [6.07, 6.45) is 0. The number of carbonyl (C=O) groups excluding carboxylic acids is 2. The molecule has 2 aromatic carbocycles. The highest BCUT2D eigenvalue weighted by Crippen LogP contribution is 2.32. The zero-order chi connectivity index (χ0) is 17.4. The quantitative estimate of drug-likeness (QED) is 0.781. The number of nitrogens with zero attached hydrogens (tertiary/aromatic N) is 1. The van der Waals surface area contributed by atoms with Gasteiger partial charge in [0.25, 0.3) is 11.8 Å². The van der Waals surface area contributed by atoms with Gasteiger partial charge in [-0.1, -0.05) is 46.9 Å². The van der Waals surface area contributed by atoms with Gasteiger partial charge in [-0.05, 0) is 42.8 Å². The fourth-order valence-corrected chi connectivity index (χ4v) is 2.84. The molecule has 0 spiro atoms. The fourth-order valence-electron chi connectivity index (χ4n) is 2.33. The topological polar surface area (TPSA) is 49.4 Å². The highest BCUT2D eigenvalue weighted by atomic mass is 35.5. The molecule has 1 aliphatic rings. The Kier molecular flexibility index (Phi) is 4.54. The van der Waals surface area contributed by atoms with Crippen molar-refractivity contribution in [1.82, 2.24) is 0 Å². The predicted molar refractivity (Wildman–Crippen MR) is 96.6 cm³/mol. The Labute approximate surface area is 153 Å². The Morgan fingerprint density at radius 1 is 0.917 bits per heavy atom. The molecule has 3 rings (SSSR count). The van der Waals surface area contributed by atoms with Crippen LogP contribution in [0.4, 0.5) is 11.4 Å². The average Bonchev–Trinajstić information content (AvgIpc) is 2.74. The van der Waals surface area contributed by atoms with Gasteiger partial charge in [-0.25, -0.2) is 4.90 Å². The summed E-state index contributed by atoms with van der Waals surface area (Å²) in [4.78, 5) is 26.0. The van der Waals surface area contributed by atoms with E-state index in [0.29, 0.717) is 21.4 Å². The maximum absolute atomic E-state index is 12.6. The van der Waals surface area contributed by atoms with E-state index in [2.05, 4.69) is 5.32 Å². The zero-order valence-corrected chi connectivity index (χ0v) is 14.7. The van der Waals surface area contributed by atoms with E-state index in [4.69, 9.17) is 34.8 Å². The molecule has 1 heterocycles. The standard InChI is InChI=1S/C17H11Cl3N2O2/c1-9-3-2-4-11(7-9)22-16(23)14(20)15(17(22)24)21-10-5-6-12(18)13(19)8-10/h2-8,21H,1H3. The van der Waals surface area contributed by atoms with Crippen molar-refractivity contribution in [3.63, 3.8) is 0 Å². The first-order valence-corrected chi connectivity index (χ1v) is 8.09. The van der Waals surface area contributed by atoms with E-state index in [1.165, 1.54) is 0 Å². The molecule has 0 fully saturated rings. The van der Waals surface area contributed by atoms with Crippen molar-refractivity contribution in [2.24, 2.45) is 0 Å². The van der Waals surface area contributed by atoms with Crippen LogP contribution in [0.3, 0.4) is 0 Å². The Morgan fingerprint density at radius 3 is 2.33 bits per heavy atom. The molecule has 0 aliphatic carbocycles. The van der Waals surface area contributed by atoms with Crippen molar-refractivity contribution >= 4 is 58.0 Å². The van der Waals surface area contributed by atoms with Gasteiger partial charge < -0.3 is 5.32 Å². The third-order valence-electron chi connectivity index (χ3n) is 3.48. The fraction of sp³-hybridized carbons (Fsp3) is 0.0588. The van der Waals surface area contributed by atoms with Crippen molar-refractivity contribution in [1.29, 1.82) is 0 Å². The van der Waals surface area contributed by atoms with Crippen molar-refractivity contribution in [3.05, 3.63) is 68.8 Å². The van der Waals surface area contributed by atoms with Gasteiger partial charge in [-0.3, -0.25) is 9.59 Å². The lowest BCUT2D eigenvalue weighted by Crippen LogP contribution is -2.32. The van der Waals surface area contributed by atoms with Crippen LogP contribution in [0.25, 0.3) is 0 Å². The molecule has 0 saturated carbocycles.